The maximum atomic E-state index is 5.97. The van der Waals surface area contributed by atoms with Gasteiger partial charge in [-0.1, -0.05) is 19.8 Å². The number of unbranched alkanes of at least 4 members (excludes halogenated alkanes) is 2. The van der Waals surface area contributed by atoms with Gasteiger partial charge in [-0.2, -0.15) is 0 Å². The van der Waals surface area contributed by atoms with Gasteiger partial charge in [-0.05, 0) is 26.2 Å². The van der Waals surface area contributed by atoms with Gasteiger partial charge in [-0.15, -0.1) is 11.6 Å². The van der Waals surface area contributed by atoms with Crippen LogP contribution in [0.25, 0.3) is 0 Å². The van der Waals surface area contributed by atoms with Crippen LogP contribution in [0.4, 0.5) is 0 Å². The molecule has 0 aromatic rings. The lowest BCUT2D eigenvalue weighted by molar-refractivity contribution is 0.143. The standard InChI is InChI=1S/C10H21ClO/c1-3-10(11)8-6-5-7-9-12-4-2/h10H,3-9H2,1-2H3. The Hall–Kier alpha value is 0.250. The lowest BCUT2D eigenvalue weighted by Crippen LogP contribution is -1.97. The van der Waals surface area contributed by atoms with E-state index >= 15 is 0 Å². The molecule has 0 spiro atoms. The van der Waals surface area contributed by atoms with E-state index in [0.29, 0.717) is 5.38 Å². The first-order valence-corrected chi connectivity index (χ1v) is 5.46. The van der Waals surface area contributed by atoms with Gasteiger partial charge in [-0.3, -0.25) is 0 Å². The van der Waals surface area contributed by atoms with Crippen LogP contribution in [0.5, 0.6) is 0 Å². The van der Waals surface area contributed by atoms with Gasteiger partial charge >= 0.3 is 0 Å². The van der Waals surface area contributed by atoms with E-state index < -0.39 is 0 Å². The molecule has 0 bridgehead atoms. The Morgan fingerprint density at radius 2 is 1.92 bits per heavy atom. The number of hydrogen-bond donors (Lipinski definition) is 0. The number of ether oxygens (including phenoxy) is 1. The van der Waals surface area contributed by atoms with Gasteiger partial charge in [0.1, 0.15) is 0 Å². The molecule has 1 unspecified atom stereocenters. The van der Waals surface area contributed by atoms with Crippen molar-refractivity contribution in [3.63, 3.8) is 0 Å². The zero-order valence-corrected chi connectivity index (χ0v) is 9.07. The molecule has 0 rings (SSSR count). The molecular formula is C10H21ClO. The molecule has 0 fully saturated rings. The summed E-state index contributed by atoms with van der Waals surface area (Å²) >= 11 is 5.97. The summed E-state index contributed by atoms with van der Waals surface area (Å²) in [5.41, 5.74) is 0. The number of halogens is 1. The fourth-order valence-electron chi connectivity index (χ4n) is 1.10. The molecule has 0 radical (unpaired) electrons. The molecule has 1 nitrogen and oxygen atoms in total. The molecule has 12 heavy (non-hydrogen) atoms. The monoisotopic (exact) mass is 192 g/mol. The molecule has 0 heterocycles. The zero-order valence-electron chi connectivity index (χ0n) is 8.31. The van der Waals surface area contributed by atoms with Crippen LogP contribution in [0.15, 0.2) is 0 Å². The van der Waals surface area contributed by atoms with Crippen molar-refractivity contribution in [3.05, 3.63) is 0 Å². The van der Waals surface area contributed by atoms with Crippen molar-refractivity contribution in [1.82, 2.24) is 0 Å². The molecule has 0 saturated heterocycles. The molecular weight excluding hydrogens is 172 g/mol. The number of hydrogen-bond acceptors (Lipinski definition) is 1. The van der Waals surface area contributed by atoms with Crippen LogP contribution in [-0.4, -0.2) is 18.6 Å². The predicted molar refractivity (Wildman–Crippen MR) is 54.9 cm³/mol. The largest absolute Gasteiger partial charge is 0.382 e. The van der Waals surface area contributed by atoms with Gasteiger partial charge in [0.25, 0.3) is 0 Å². The Bertz CT molecular complexity index is 85.9. The minimum absolute atomic E-state index is 0.386. The fourth-order valence-corrected chi connectivity index (χ4v) is 1.25. The maximum absolute atomic E-state index is 5.97. The van der Waals surface area contributed by atoms with Crippen LogP contribution in [0.2, 0.25) is 0 Å². The smallest absolute Gasteiger partial charge is 0.0465 e. The highest BCUT2D eigenvalue weighted by Crippen LogP contribution is 2.11. The molecule has 0 aromatic heterocycles. The van der Waals surface area contributed by atoms with E-state index in [1.165, 1.54) is 19.3 Å². The zero-order chi connectivity index (χ0) is 9.23. The average molecular weight is 193 g/mol. The molecule has 74 valence electrons. The Labute approximate surface area is 81.4 Å². The summed E-state index contributed by atoms with van der Waals surface area (Å²) in [5.74, 6) is 0. The van der Waals surface area contributed by atoms with Crippen molar-refractivity contribution >= 4 is 11.6 Å². The lowest BCUT2D eigenvalue weighted by atomic mass is 10.1. The number of rotatable bonds is 8. The van der Waals surface area contributed by atoms with Crippen LogP contribution in [-0.2, 0) is 4.74 Å². The Morgan fingerprint density at radius 3 is 2.50 bits per heavy atom. The van der Waals surface area contributed by atoms with Gasteiger partial charge in [-0.25, -0.2) is 0 Å². The quantitative estimate of drug-likeness (QED) is 0.422. The van der Waals surface area contributed by atoms with E-state index in [1.807, 2.05) is 6.92 Å². The van der Waals surface area contributed by atoms with E-state index in [1.54, 1.807) is 0 Å². The highest BCUT2D eigenvalue weighted by Gasteiger charge is 1.99. The minimum Gasteiger partial charge on any atom is -0.382 e. The van der Waals surface area contributed by atoms with Crippen molar-refractivity contribution in [1.29, 1.82) is 0 Å². The topological polar surface area (TPSA) is 9.23 Å². The van der Waals surface area contributed by atoms with Crippen molar-refractivity contribution in [2.45, 2.75) is 51.3 Å². The van der Waals surface area contributed by atoms with E-state index in [2.05, 4.69) is 6.92 Å². The third-order valence-electron chi connectivity index (χ3n) is 1.95. The first-order valence-electron chi connectivity index (χ1n) is 5.03. The predicted octanol–water partition coefficient (Wildman–Crippen LogP) is 3.60. The van der Waals surface area contributed by atoms with Crippen LogP contribution < -0.4 is 0 Å². The second-order valence-corrected chi connectivity index (χ2v) is 3.67. The van der Waals surface area contributed by atoms with Crippen LogP contribution in [0.3, 0.4) is 0 Å². The Balaban J connectivity index is 2.90. The first-order chi connectivity index (χ1) is 5.81. The van der Waals surface area contributed by atoms with Crippen molar-refractivity contribution in [2.24, 2.45) is 0 Å². The minimum atomic E-state index is 0.386. The van der Waals surface area contributed by atoms with Gasteiger partial charge in [0, 0.05) is 18.6 Å². The van der Waals surface area contributed by atoms with E-state index in [-0.39, 0.29) is 0 Å². The Kier molecular flexibility index (Phi) is 9.53. The van der Waals surface area contributed by atoms with E-state index in [4.69, 9.17) is 16.3 Å². The summed E-state index contributed by atoms with van der Waals surface area (Å²) in [4.78, 5) is 0. The van der Waals surface area contributed by atoms with Gasteiger partial charge < -0.3 is 4.74 Å². The Morgan fingerprint density at radius 1 is 1.17 bits per heavy atom. The van der Waals surface area contributed by atoms with Crippen molar-refractivity contribution < 1.29 is 4.74 Å². The third kappa shape index (κ3) is 8.35. The first kappa shape index (κ1) is 12.2. The molecule has 1 atom stereocenters. The molecule has 0 aromatic carbocycles. The summed E-state index contributed by atoms with van der Waals surface area (Å²) in [6, 6.07) is 0. The SMILES string of the molecule is CCOCCCCCC(Cl)CC. The third-order valence-corrected chi connectivity index (χ3v) is 2.48. The molecule has 0 N–H and O–H groups in total. The fraction of sp³-hybridized carbons (Fsp3) is 1.00. The summed E-state index contributed by atoms with van der Waals surface area (Å²) in [6.07, 6.45) is 5.93. The normalized spacial score (nSPS) is 13.2. The summed E-state index contributed by atoms with van der Waals surface area (Å²) in [7, 11) is 0. The summed E-state index contributed by atoms with van der Waals surface area (Å²) < 4.78 is 5.23. The van der Waals surface area contributed by atoms with Gasteiger partial charge in [0.2, 0.25) is 0 Å². The highest BCUT2D eigenvalue weighted by molar-refractivity contribution is 6.20. The molecule has 0 saturated carbocycles. The molecule has 2 heteroatoms. The summed E-state index contributed by atoms with van der Waals surface area (Å²) in [5, 5.41) is 0.386. The van der Waals surface area contributed by atoms with Crippen LogP contribution in [0.1, 0.15) is 46.0 Å². The molecule has 0 amide bonds. The second-order valence-electron chi connectivity index (χ2n) is 3.05. The molecule has 0 aliphatic carbocycles. The molecule has 0 aliphatic heterocycles. The average Bonchev–Trinajstić information content (AvgIpc) is 2.10. The van der Waals surface area contributed by atoms with Crippen molar-refractivity contribution in [2.75, 3.05) is 13.2 Å². The second kappa shape index (κ2) is 9.34. The van der Waals surface area contributed by atoms with Crippen LogP contribution >= 0.6 is 11.6 Å². The summed E-state index contributed by atoms with van der Waals surface area (Å²) in [6.45, 7) is 5.92. The number of alkyl halides is 1. The van der Waals surface area contributed by atoms with Crippen molar-refractivity contribution in [3.8, 4) is 0 Å². The van der Waals surface area contributed by atoms with Crippen LogP contribution in [0, 0.1) is 0 Å². The highest BCUT2D eigenvalue weighted by atomic mass is 35.5. The lowest BCUT2D eigenvalue weighted by Gasteiger charge is -2.05. The van der Waals surface area contributed by atoms with E-state index in [9.17, 15) is 0 Å². The molecule has 0 aliphatic rings. The van der Waals surface area contributed by atoms with Gasteiger partial charge in [0.05, 0.1) is 0 Å². The van der Waals surface area contributed by atoms with Gasteiger partial charge in [0.15, 0.2) is 0 Å². The van der Waals surface area contributed by atoms with E-state index in [0.717, 1.165) is 26.1 Å². The maximum Gasteiger partial charge on any atom is 0.0465 e.